The van der Waals surface area contributed by atoms with E-state index >= 15 is 0 Å². The normalized spacial score (nSPS) is 12.7. The standard InChI is InChI=1S/C27H23ClO5/c1-3-17-12-20-24(14-23(17)32-15-19-6-4-5-7-21(19)28)33-16(2)26(27(20)29)18-8-9-22-25(13-18)31-11-10-30-22/h4-9,12-14H,3,10-11,15H2,1-2H3. The van der Waals surface area contributed by atoms with Crippen LogP contribution in [0.5, 0.6) is 17.2 Å². The molecular formula is C27H23ClO5. The molecule has 0 atom stereocenters. The summed E-state index contributed by atoms with van der Waals surface area (Å²) in [4.78, 5) is 13.5. The lowest BCUT2D eigenvalue weighted by molar-refractivity contribution is 0.171. The highest BCUT2D eigenvalue weighted by Crippen LogP contribution is 2.36. The predicted molar refractivity (Wildman–Crippen MR) is 129 cm³/mol. The zero-order valence-electron chi connectivity index (χ0n) is 18.4. The second kappa shape index (κ2) is 8.83. The van der Waals surface area contributed by atoms with Crippen LogP contribution in [-0.4, -0.2) is 13.2 Å². The number of hydrogen-bond acceptors (Lipinski definition) is 5. The molecule has 0 saturated carbocycles. The molecule has 3 aromatic carbocycles. The average Bonchev–Trinajstić information content (AvgIpc) is 2.83. The minimum absolute atomic E-state index is 0.0854. The van der Waals surface area contributed by atoms with Crippen LogP contribution in [0.25, 0.3) is 22.1 Å². The van der Waals surface area contributed by atoms with E-state index in [0.29, 0.717) is 70.8 Å². The van der Waals surface area contributed by atoms with Gasteiger partial charge in [-0.3, -0.25) is 4.79 Å². The van der Waals surface area contributed by atoms with Crippen molar-refractivity contribution in [3.05, 3.63) is 86.7 Å². The predicted octanol–water partition coefficient (Wildman–Crippen LogP) is 6.33. The maximum Gasteiger partial charge on any atom is 0.200 e. The summed E-state index contributed by atoms with van der Waals surface area (Å²) in [6, 6.07) is 16.8. The Morgan fingerprint density at radius 1 is 0.970 bits per heavy atom. The Kier molecular flexibility index (Phi) is 5.73. The number of benzene rings is 3. The second-order valence-corrected chi connectivity index (χ2v) is 8.32. The molecular weight excluding hydrogens is 440 g/mol. The van der Waals surface area contributed by atoms with Gasteiger partial charge in [0.1, 0.15) is 36.9 Å². The minimum atomic E-state index is -0.0854. The van der Waals surface area contributed by atoms with Crippen molar-refractivity contribution in [2.45, 2.75) is 26.9 Å². The van der Waals surface area contributed by atoms with Gasteiger partial charge >= 0.3 is 0 Å². The van der Waals surface area contributed by atoms with Gasteiger partial charge in [-0.1, -0.05) is 42.8 Å². The van der Waals surface area contributed by atoms with Crippen molar-refractivity contribution >= 4 is 22.6 Å². The summed E-state index contributed by atoms with van der Waals surface area (Å²) in [5, 5.41) is 1.18. The van der Waals surface area contributed by atoms with E-state index in [2.05, 4.69) is 0 Å². The fraction of sp³-hybridized carbons (Fsp3) is 0.222. The summed E-state index contributed by atoms with van der Waals surface area (Å²) < 4.78 is 23.5. The summed E-state index contributed by atoms with van der Waals surface area (Å²) in [6.07, 6.45) is 0.709. The van der Waals surface area contributed by atoms with E-state index in [1.165, 1.54) is 0 Å². The number of aryl methyl sites for hydroxylation is 2. The molecule has 5 rings (SSSR count). The fourth-order valence-corrected chi connectivity index (χ4v) is 4.28. The molecule has 5 nitrogen and oxygen atoms in total. The lowest BCUT2D eigenvalue weighted by Crippen LogP contribution is -2.15. The molecule has 0 bridgehead atoms. The highest BCUT2D eigenvalue weighted by Gasteiger charge is 2.19. The minimum Gasteiger partial charge on any atom is -0.488 e. The Morgan fingerprint density at radius 3 is 2.55 bits per heavy atom. The second-order valence-electron chi connectivity index (χ2n) is 7.91. The first-order chi connectivity index (χ1) is 16.0. The van der Waals surface area contributed by atoms with Crippen molar-refractivity contribution < 1.29 is 18.6 Å². The van der Waals surface area contributed by atoms with Crippen LogP contribution in [0.15, 0.2) is 63.8 Å². The highest BCUT2D eigenvalue weighted by molar-refractivity contribution is 6.31. The topological polar surface area (TPSA) is 57.9 Å². The molecule has 0 N–H and O–H groups in total. The van der Waals surface area contributed by atoms with Crippen molar-refractivity contribution in [3.63, 3.8) is 0 Å². The van der Waals surface area contributed by atoms with Crippen LogP contribution in [0.2, 0.25) is 5.02 Å². The fourth-order valence-electron chi connectivity index (χ4n) is 4.09. The van der Waals surface area contributed by atoms with Crippen molar-refractivity contribution in [1.82, 2.24) is 0 Å². The van der Waals surface area contributed by atoms with Crippen LogP contribution in [0.4, 0.5) is 0 Å². The first-order valence-corrected chi connectivity index (χ1v) is 11.3. The lowest BCUT2D eigenvalue weighted by Gasteiger charge is -2.19. The van der Waals surface area contributed by atoms with Crippen LogP contribution >= 0.6 is 11.6 Å². The van der Waals surface area contributed by atoms with Gasteiger partial charge in [-0.2, -0.15) is 0 Å². The van der Waals surface area contributed by atoms with Crippen LogP contribution in [0.1, 0.15) is 23.8 Å². The van der Waals surface area contributed by atoms with Crippen molar-refractivity contribution in [2.75, 3.05) is 13.2 Å². The Bertz CT molecular complexity index is 1410. The van der Waals surface area contributed by atoms with Gasteiger partial charge in [0.2, 0.25) is 5.43 Å². The zero-order chi connectivity index (χ0) is 22.9. The van der Waals surface area contributed by atoms with Gasteiger partial charge in [0.15, 0.2) is 11.5 Å². The zero-order valence-corrected chi connectivity index (χ0v) is 19.2. The number of fused-ring (bicyclic) bond motifs is 2. The smallest absolute Gasteiger partial charge is 0.200 e. The number of hydrogen-bond donors (Lipinski definition) is 0. The largest absolute Gasteiger partial charge is 0.488 e. The summed E-state index contributed by atoms with van der Waals surface area (Å²) in [5.41, 5.74) is 3.49. The molecule has 168 valence electrons. The molecule has 1 aliphatic heterocycles. The maximum absolute atomic E-state index is 13.5. The summed E-state index contributed by atoms with van der Waals surface area (Å²) in [7, 11) is 0. The number of ether oxygens (including phenoxy) is 3. The highest BCUT2D eigenvalue weighted by atomic mass is 35.5. The van der Waals surface area contributed by atoms with E-state index in [-0.39, 0.29) is 5.43 Å². The van der Waals surface area contributed by atoms with Gasteiger partial charge in [0.05, 0.1) is 10.9 Å². The first kappa shape index (κ1) is 21.4. The SMILES string of the molecule is CCc1cc2c(=O)c(-c3ccc4c(c3)OCCO4)c(C)oc2cc1OCc1ccccc1Cl. The molecule has 2 heterocycles. The molecule has 6 heteroatoms. The van der Waals surface area contributed by atoms with E-state index in [1.54, 1.807) is 13.0 Å². The van der Waals surface area contributed by atoms with E-state index in [1.807, 2.05) is 55.5 Å². The van der Waals surface area contributed by atoms with Crippen LogP contribution in [0, 0.1) is 6.92 Å². The van der Waals surface area contributed by atoms with E-state index < -0.39 is 0 Å². The molecule has 0 spiro atoms. The Balaban J connectivity index is 1.56. The third-order valence-electron chi connectivity index (χ3n) is 5.80. The molecule has 33 heavy (non-hydrogen) atoms. The lowest BCUT2D eigenvalue weighted by atomic mass is 10.00. The molecule has 0 amide bonds. The van der Waals surface area contributed by atoms with Crippen LogP contribution in [0.3, 0.4) is 0 Å². The molecule has 1 aromatic heterocycles. The molecule has 4 aromatic rings. The van der Waals surface area contributed by atoms with Crippen molar-refractivity contribution in [2.24, 2.45) is 0 Å². The van der Waals surface area contributed by atoms with Crippen molar-refractivity contribution in [3.8, 4) is 28.4 Å². The van der Waals surface area contributed by atoms with Gasteiger partial charge in [-0.05, 0) is 48.7 Å². The Hall–Kier alpha value is -3.44. The summed E-state index contributed by atoms with van der Waals surface area (Å²) in [6.45, 7) is 5.16. The van der Waals surface area contributed by atoms with E-state index in [9.17, 15) is 4.79 Å². The van der Waals surface area contributed by atoms with Gasteiger partial charge in [0, 0.05) is 16.7 Å². The Morgan fingerprint density at radius 2 is 1.76 bits per heavy atom. The summed E-state index contributed by atoms with van der Waals surface area (Å²) >= 11 is 6.26. The monoisotopic (exact) mass is 462 g/mol. The van der Waals surface area contributed by atoms with Crippen LogP contribution < -0.4 is 19.6 Å². The van der Waals surface area contributed by atoms with Gasteiger partial charge < -0.3 is 18.6 Å². The quantitative estimate of drug-likeness (QED) is 0.346. The molecule has 0 aliphatic carbocycles. The van der Waals surface area contributed by atoms with E-state index in [4.69, 9.17) is 30.2 Å². The molecule has 0 saturated heterocycles. The first-order valence-electron chi connectivity index (χ1n) is 10.9. The number of halogens is 1. The van der Waals surface area contributed by atoms with Gasteiger partial charge in [-0.15, -0.1) is 0 Å². The van der Waals surface area contributed by atoms with Crippen LogP contribution in [-0.2, 0) is 13.0 Å². The van der Waals surface area contributed by atoms with Gasteiger partial charge in [0.25, 0.3) is 0 Å². The average molecular weight is 463 g/mol. The third kappa shape index (κ3) is 4.05. The van der Waals surface area contributed by atoms with Crippen molar-refractivity contribution in [1.29, 1.82) is 0 Å². The third-order valence-corrected chi connectivity index (χ3v) is 6.17. The van der Waals surface area contributed by atoms with E-state index in [0.717, 1.165) is 16.7 Å². The summed E-state index contributed by atoms with van der Waals surface area (Å²) in [5.74, 6) is 2.53. The molecule has 0 radical (unpaired) electrons. The number of rotatable bonds is 5. The Labute approximate surface area is 196 Å². The van der Waals surface area contributed by atoms with Gasteiger partial charge in [-0.25, -0.2) is 0 Å². The molecule has 1 aliphatic rings. The molecule has 0 unspecified atom stereocenters. The maximum atomic E-state index is 13.5. The molecule has 0 fully saturated rings.